The molecule has 1 heterocycles. The van der Waals surface area contributed by atoms with Gasteiger partial charge in [-0.1, -0.05) is 0 Å². The van der Waals surface area contributed by atoms with Gasteiger partial charge in [0.1, 0.15) is 0 Å². The normalized spacial score (nSPS) is 12.1. The van der Waals surface area contributed by atoms with Gasteiger partial charge >= 0.3 is 6.18 Å². The van der Waals surface area contributed by atoms with E-state index < -0.39 is 11.7 Å². The third-order valence-electron chi connectivity index (χ3n) is 2.33. The number of hydrogen-bond acceptors (Lipinski definition) is 4. The van der Waals surface area contributed by atoms with Gasteiger partial charge in [0.2, 0.25) is 0 Å². The van der Waals surface area contributed by atoms with Crippen molar-refractivity contribution < 1.29 is 13.2 Å². The lowest BCUT2D eigenvalue weighted by atomic mass is 10.3. The van der Waals surface area contributed by atoms with Crippen molar-refractivity contribution in [2.24, 2.45) is 0 Å². The number of thioether (sulfide) groups is 1. The molecule has 0 unspecified atom stereocenters. The average Bonchev–Trinajstić information content (AvgIpc) is 2.32. The molecule has 1 N–H and O–H groups in total. The molecule has 0 saturated heterocycles. The predicted molar refractivity (Wildman–Crippen MR) is 71.4 cm³/mol. The first-order valence-electron chi connectivity index (χ1n) is 5.91. The van der Waals surface area contributed by atoms with Crippen molar-refractivity contribution in [2.45, 2.75) is 11.2 Å². The molecular weight excluding hydrogens is 275 g/mol. The van der Waals surface area contributed by atoms with Gasteiger partial charge in [-0.3, -0.25) is 0 Å². The van der Waals surface area contributed by atoms with Crippen molar-refractivity contribution in [1.82, 2.24) is 15.2 Å². The van der Waals surface area contributed by atoms with E-state index in [2.05, 4.69) is 15.2 Å². The van der Waals surface area contributed by atoms with E-state index in [9.17, 15) is 13.2 Å². The first-order valence-corrected chi connectivity index (χ1v) is 6.89. The molecule has 0 radical (unpaired) electrons. The summed E-state index contributed by atoms with van der Waals surface area (Å²) in [5.74, 6) is 0.784. The first-order chi connectivity index (χ1) is 8.89. The molecule has 0 aromatic carbocycles. The molecule has 0 saturated carbocycles. The predicted octanol–water partition coefficient (Wildman–Crippen LogP) is 2.34. The number of pyridine rings is 1. The first kappa shape index (κ1) is 16.3. The highest BCUT2D eigenvalue weighted by Crippen LogP contribution is 2.29. The second kappa shape index (κ2) is 7.72. The Balaban J connectivity index is 2.23. The van der Waals surface area contributed by atoms with Crippen LogP contribution in [0.5, 0.6) is 0 Å². The fraction of sp³-hybridized carbons (Fsp3) is 0.583. The Morgan fingerprint density at radius 3 is 2.53 bits per heavy atom. The van der Waals surface area contributed by atoms with Crippen LogP contribution in [0, 0.1) is 0 Å². The third-order valence-corrected chi connectivity index (χ3v) is 3.27. The molecule has 1 rings (SSSR count). The monoisotopic (exact) mass is 293 g/mol. The number of nitrogens with one attached hydrogen (secondary N) is 1. The molecule has 0 atom stereocenters. The zero-order valence-electron chi connectivity index (χ0n) is 11.0. The van der Waals surface area contributed by atoms with Gasteiger partial charge in [-0.15, -0.1) is 11.8 Å². The number of alkyl halides is 3. The highest BCUT2D eigenvalue weighted by Gasteiger charge is 2.30. The fourth-order valence-corrected chi connectivity index (χ4v) is 2.04. The van der Waals surface area contributed by atoms with E-state index in [1.807, 2.05) is 14.1 Å². The van der Waals surface area contributed by atoms with Crippen LogP contribution in [0.3, 0.4) is 0 Å². The van der Waals surface area contributed by atoms with Gasteiger partial charge in [-0.25, -0.2) is 4.98 Å². The van der Waals surface area contributed by atoms with Gasteiger partial charge in [0.05, 0.1) is 10.6 Å². The molecule has 7 heteroatoms. The van der Waals surface area contributed by atoms with Crippen LogP contribution in [0.1, 0.15) is 5.56 Å². The molecule has 0 spiro atoms. The molecule has 19 heavy (non-hydrogen) atoms. The highest BCUT2D eigenvalue weighted by molar-refractivity contribution is 7.99. The number of rotatable bonds is 7. The number of hydrogen-bond donors (Lipinski definition) is 1. The fourth-order valence-electron chi connectivity index (χ4n) is 1.29. The van der Waals surface area contributed by atoms with Crippen LogP contribution in [0.2, 0.25) is 0 Å². The summed E-state index contributed by atoms with van der Waals surface area (Å²) in [5.41, 5.74) is -0.707. The number of halogens is 3. The van der Waals surface area contributed by atoms with E-state index in [0.29, 0.717) is 5.03 Å². The Hall–Kier alpha value is -0.790. The topological polar surface area (TPSA) is 28.2 Å². The quantitative estimate of drug-likeness (QED) is 0.617. The van der Waals surface area contributed by atoms with Gasteiger partial charge in [-0.05, 0) is 26.2 Å². The van der Waals surface area contributed by atoms with Crippen LogP contribution < -0.4 is 5.32 Å². The summed E-state index contributed by atoms with van der Waals surface area (Å²) in [6.45, 7) is 2.67. The minimum atomic E-state index is -4.32. The molecule has 0 aliphatic heterocycles. The smallest absolute Gasteiger partial charge is 0.315 e. The number of aromatic nitrogens is 1. The summed E-state index contributed by atoms with van der Waals surface area (Å²) < 4.78 is 36.9. The van der Waals surface area contributed by atoms with Gasteiger partial charge < -0.3 is 10.2 Å². The van der Waals surface area contributed by atoms with E-state index >= 15 is 0 Å². The van der Waals surface area contributed by atoms with Crippen molar-refractivity contribution in [3.8, 4) is 0 Å². The van der Waals surface area contributed by atoms with Crippen molar-refractivity contribution in [3.05, 3.63) is 23.9 Å². The average molecular weight is 293 g/mol. The maximum atomic E-state index is 12.3. The Bertz CT molecular complexity index is 365. The Kier molecular flexibility index (Phi) is 6.60. The summed E-state index contributed by atoms with van der Waals surface area (Å²) in [6.07, 6.45) is -3.44. The minimum absolute atomic E-state index is 0.613. The minimum Gasteiger partial charge on any atom is -0.315 e. The third kappa shape index (κ3) is 6.79. The van der Waals surface area contributed by atoms with Crippen LogP contribution in [0.15, 0.2) is 23.4 Å². The van der Waals surface area contributed by atoms with Crippen molar-refractivity contribution in [2.75, 3.05) is 39.5 Å². The van der Waals surface area contributed by atoms with Gasteiger partial charge in [0.25, 0.3) is 0 Å². The second-order valence-electron chi connectivity index (χ2n) is 4.28. The molecule has 0 bridgehead atoms. The molecule has 1 aromatic rings. The number of nitrogens with zero attached hydrogens (tertiary/aromatic N) is 2. The van der Waals surface area contributed by atoms with E-state index in [4.69, 9.17) is 0 Å². The van der Waals surface area contributed by atoms with Crippen molar-refractivity contribution >= 4 is 11.8 Å². The summed E-state index contributed by atoms with van der Waals surface area (Å²) >= 11 is 1.44. The SMILES string of the molecule is CN(C)CCNCCSc1ccc(C(F)(F)F)cn1. The molecule has 0 amide bonds. The lowest BCUT2D eigenvalue weighted by Gasteiger charge is -2.10. The zero-order chi connectivity index (χ0) is 14.3. The molecule has 108 valence electrons. The summed E-state index contributed by atoms with van der Waals surface area (Å²) in [5, 5.41) is 3.87. The second-order valence-corrected chi connectivity index (χ2v) is 5.40. The molecular formula is C12H18F3N3S. The van der Waals surface area contributed by atoms with Crippen LogP contribution in [-0.4, -0.2) is 49.4 Å². The summed E-state index contributed by atoms with van der Waals surface area (Å²) in [7, 11) is 4.01. The van der Waals surface area contributed by atoms with Crippen LogP contribution >= 0.6 is 11.8 Å². The lowest BCUT2D eigenvalue weighted by Crippen LogP contribution is -2.27. The zero-order valence-corrected chi connectivity index (χ0v) is 11.8. The molecule has 3 nitrogen and oxygen atoms in total. The van der Waals surface area contributed by atoms with E-state index in [0.717, 1.165) is 37.7 Å². The lowest BCUT2D eigenvalue weighted by molar-refractivity contribution is -0.137. The van der Waals surface area contributed by atoms with Gasteiger partial charge in [0.15, 0.2) is 0 Å². The summed E-state index contributed by atoms with van der Waals surface area (Å²) in [6, 6.07) is 2.47. The molecule has 0 aliphatic rings. The van der Waals surface area contributed by atoms with E-state index in [-0.39, 0.29) is 0 Å². The number of likely N-dealkylation sites (N-methyl/N-ethyl adjacent to an activating group) is 1. The maximum Gasteiger partial charge on any atom is 0.417 e. The van der Waals surface area contributed by atoms with Gasteiger partial charge in [0, 0.05) is 31.6 Å². The Labute approximate surface area is 115 Å². The van der Waals surface area contributed by atoms with Crippen molar-refractivity contribution in [3.63, 3.8) is 0 Å². The largest absolute Gasteiger partial charge is 0.417 e. The Morgan fingerprint density at radius 1 is 1.26 bits per heavy atom. The Morgan fingerprint density at radius 2 is 2.00 bits per heavy atom. The molecule has 0 aliphatic carbocycles. The van der Waals surface area contributed by atoms with Crippen LogP contribution in [-0.2, 0) is 6.18 Å². The van der Waals surface area contributed by atoms with Crippen molar-refractivity contribution in [1.29, 1.82) is 0 Å². The van der Waals surface area contributed by atoms with Crippen LogP contribution in [0.25, 0.3) is 0 Å². The standard InChI is InChI=1S/C12H18F3N3S/c1-18(2)7-5-16-6-8-19-11-4-3-10(9-17-11)12(13,14)15/h3-4,9,16H,5-8H2,1-2H3. The maximum absolute atomic E-state index is 12.3. The molecule has 0 fully saturated rings. The van der Waals surface area contributed by atoms with E-state index in [1.165, 1.54) is 17.8 Å². The molecule has 1 aromatic heterocycles. The van der Waals surface area contributed by atoms with Gasteiger partial charge in [-0.2, -0.15) is 13.2 Å². The highest BCUT2D eigenvalue weighted by atomic mass is 32.2. The summed E-state index contributed by atoms with van der Waals surface area (Å²) in [4.78, 5) is 5.88. The van der Waals surface area contributed by atoms with Crippen LogP contribution in [0.4, 0.5) is 13.2 Å². The van der Waals surface area contributed by atoms with E-state index in [1.54, 1.807) is 0 Å².